The summed E-state index contributed by atoms with van der Waals surface area (Å²) in [5.74, 6) is -1.84. The molecule has 0 radical (unpaired) electrons. The molecule has 0 saturated carbocycles. The topological polar surface area (TPSA) is 71.1 Å². The van der Waals surface area contributed by atoms with Gasteiger partial charge in [0.15, 0.2) is 5.92 Å². The fraction of sp³-hybridized carbons (Fsp3) is 0.875. The first-order chi connectivity index (χ1) is 10.7. The SMILES string of the molecule is CCCC(C(=O)OCCCOCC)C(=O)OCCCOCC. The minimum absolute atomic E-state index is 0.261. The molecular formula is C16H30O6. The van der Waals surface area contributed by atoms with Crippen molar-refractivity contribution >= 4 is 11.9 Å². The first-order valence-electron chi connectivity index (χ1n) is 8.16. The maximum atomic E-state index is 12.0. The summed E-state index contributed by atoms with van der Waals surface area (Å²) in [5, 5.41) is 0. The summed E-state index contributed by atoms with van der Waals surface area (Å²) in [4.78, 5) is 23.9. The van der Waals surface area contributed by atoms with E-state index in [1.165, 1.54) is 0 Å². The fourth-order valence-corrected chi connectivity index (χ4v) is 1.78. The van der Waals surface area contributed by atoms with E-state index in [0.717, 1.165) is 0 Å². The summed E-state index contributed by atoms with van der Waals surface area (Å²) in [6, 6.07) is 0. The van der Waals surface area contributed by atoms with Gasteiger partial charge in [-0.3, -0.25) is 9.59 Å². The second kappa shape index (κ2) is 14.8. The van der Waals surface area contributed by atoms with Crippen LogP contribution in [0.2, 0.25) is 0 Å². The Labute approximate surface area is 133 Å². The molecule has 0 aliphatic rings. The van der Waals surface area contributed by atoms with Gasteiger partial charge in [0.2, 0.25) is 0 Å². The largest absolute Gasteiger partial charge is 0.465 e. The lowest BCUT2D eigenvalue weighted by Crippen LogP contribution is -2.28. The van der Waals surface area contributed by atoms with Gasteiger partial charge in [-0.25, -0.2) is 0 Å². The Morgan fingerprint density at radius 3 is 1.59 bits per heavy atom. The molecule has 0 spiro atoms. The van der Waals surface area contributed by atoms with Gasteiger partial charge in [0.05, 0.1) is 13.2 Å². The van der Waals surface area contributed by atoms with Gasteiger partial charge < -0.3 is 18.9 Å². The van der Waals surface area contributed by atoms with Crippen LogP contribution in [0.1, 0.15) is 46.5 Å². The van der Waals surface area contributed by atoms with Crippen molar-refractivity contribution in [1.29, 1.82) is 0 Å². The molecule has 0 amide bonds. The molecular weight excluding hydrogens is 288 g/mol. The van der Waals surface area contributed by atoms with Crippen LogP contribution < -0.4 is 0 Å². The Morgan fingerprint density at radius 2 is 1.23 bits per heavy atom. The van der Waals surface area contributed by atoms with Crippen molar-refractivity contribution in [2.75, 3.05) is 39.6 Å². The van der Waals surface area contributed by atoms with Crippen LogP contribution in [0.3, 0.4) is 0 Å². The summed E-state index contributed by atoms with van der Waals surface area (Å²) in [6.45, 7) is 8.62. The van der Waals surface area contributed by atoms with Gasteiger partial charge in [-0.1, -0.05) is 13.3 Å². The molecule has 22 heavy (non-hydrogen) atoms. The predicted octanol–water partition coefficient (Wildman–Crippen LogP) is 2.34. The van der Waals surface area contributed by atoms with Crippen LogP contribution in [0.5, 0.6) is 0 Å². The van der Waals surface area contributed by atoms with Crippen molar-refractivity contribution in [1.82, 2.24) is 0 Å². The standard InChI is InChI=1S/C16H30O6/c1-4-9-14(15(17)21-12-7-10-19-5-2)16(18)22-13-8-11-20-6-3/h14H,4-13H2,1-3H3. The Kier molecular flexibility index (Phi) is 14.0. The van der Waals surface area contributed by atoms with Gasteiger partial charge in [0.1, 0.15) is 0 Å². The molecule has 0 aliphatic carbocycles. The first-order valence-corrected chi connectivity index (χ1v) is 8.16. The van der Waals surface area contributed by atoms with Gasteiger partial charge in [0, 0.05) is 39.3 Å². The first kappa shape index (κ1) is 20.9. The van der Waals surface area contributed by atoms with Crippen molar-refractivity contribution in [3.8, 4) is 0 Å². The molecule has 0 aromatic rings. The number of carbonyl (C=O) groups is 2. The maximum Gasteiger partial charge on any atom is 0.320 e. The molecule has 0 aliphatic heterocycles. The lowest BCUT2D eigenvalue weighted by Gasteiger charge is -2.14. The summed E-state index contributed by atoms with van der Waals surface area (Å²) in [5.41, 5.74) is 0. The van der Waals surface area contributed by atoms with Gasteiger partial charge in [-0.05, 0) is 20.3 Å². The third-order valence-electron chi connectivity index (χ3n) is 2.91. The average Bonchev–Trinajstić information content (AvgIpc) is 2.51. The minimum Gasteiger partial charge on any atom is -0.465 e. The van der Waals surface area contributed by atoms with Crippen LogP contribution in [-0.2, 0) is 28.5 Å². The van der Waals surface area contributed by atoms with Gasteiger partial charge in [-0.15, -0.1) is 0 Å². The molecule has 0 atom stereocenters. The minimum atomic E-state index is -0.829. The highest BCUT2D eigenvalue weighted by Gasteiger charge is 2.28. The third kappa shape index (κ3) is 10.6. The Bertz CT molecular complexity index is 266. The van der Waals surface area contributed by atoms with Crippen LogP contribution in [0.25, 0.3) is 0 Å². The second-order valence-corrected chi connectivity index (χ2v) is 4.78. The molecule has 0 fully saturated rings. The average molecular weight is 318 g/mol. The maximum absolute atomic E-state index is 12.0. The molecule has 6 heteroatoms. The number of ether oxygens (including phenoxy) is 4. The molecule has 0 N–H and O–H groups in total. The third-order valence-corrected chi connectivity index (χ3v) is 2.91. The van der Waals surface area contributed by atoms with E-state index in [4.69, 9.17) is 18.9 Å². The molecule has 0 bridgehead atoms. The molecule has 0 unspecified atom stereocenters. The van der Waals surface area contributed by atoms with E-state index < -0.39 is 17.9 Å². The Balaban J connectivity index is 4.03. The lowest BCUT2D eigenvalue weighted by atomic mass is 10.0. The molecule has 130 valence electrons. The zero-order chi connectivity index (χ0) is 16.6. The normalized spacial score (nSPS) is 10.7. The van der Waals surface area contributed by atoms with Crippen molar-refractivity contribution < 1.29 is 28.5 Å². The van der Waals surface area contributed by atoms with E-state index >= 15 is 0 Å². The second-order valence-electron chi connectivity index (χ2n) is 4.78. The number of carbonyl (C=O) groups excluding carboxylic acids is 2. The lowest BCUT2D eigenvalue weighted by molar-refractivity contribution is -0.162. The van der Waals surface area contributed by atoms with Gasteiger partial charge in [-0.2, -0.15) is 0 Å². The molecule has 0 aromatic heterocycles. The van der Waals surface area contributed by atoms with Crippen LogP contribution in [0.15, 0.2) is 0 Å². The van der Waals surface area contributed by atoms with E-state index in [1.54, 1.807) is 0 Å². The Morgan fingerprint density at radius 1 is 0.773 bits per heavy atom. The van der Waals surface area contributed by atoms with Gasteiger partial charge >= 0.3 is 11.9 Å². The monoisotopic (exact) mass is 318 g/mol. The van der Waals surface area contributed by atoms with Crippen LogP contribution in [0, 0.1) is 5.92 Å². The van der Waals surface area contributed by atoms with E-state index in [1.807, 2.05) is 20.8 Å². The molecule has 0 heterocycles. The zero-order valence-corrected chi connectivity index (χ0v) is 14.1. The number of hydrogen-bond acceptors (Lipinski definition) is 6. The number of hydrogen-bond donors (Lipinski definition) is 0. The summed E-state index contributed by atoms with van der Waals surface area (Å²) < 4.78 is 20.6. The highest BCUT2D eigenvalue weighted by atomic mass is 16.6. The zero-order valence-electron chi connectivity index (χ0n) is 14.1. The van der Waals surface area contributed by atoms with Crippen molar-refractivity contribution in [2.45, 2.75) is 46.5 Å². The van der Waals surface area contributed by atoms with E-state index in [2.05, 4.69) is 0 Å². The number of rotatable bonds is 14. The van der Waals surface area contributed by atoms with Crippen LogP contribution >= 0.6 is 0 Å². The van der Waals surface area contributed by atoms with E-state index in [9.17, 15) is 9.59 Å². The van der Waals surface area contributed by atoms with E-state index in [-0.39, 0.29) is 13.2 Å². The molecule has 0 rings (SSSR count). The van der Waals surface area contributed by atoms with Crippen molar-refractivity contribution in [3.63, 3.8) is 0 Å². The summed E-state index contributed by atoms with van der Waals surface area (Å²) in [7, 11) is 0. The Hall–Kier alpha value is -1.14. The molecule has 6 nitrogen and oxygen atoms in total. The molecule has 0 saturated heterocycles. The van der Waals surface area contributed by atoms with Crippen molar-refractivity contribution in [2.24, 2.45) is 5.92 Å². The molecule has 0 aromatic carbocycles. The fourth-order valence-electron chi connectivity index (χ4n) is 1.78. The summed E-state index contributed by atoms with van der Waals surface area (Å²) in [6.07, 6.45) is 2.41. The quantitative estimate of drug-likeness (QED) is 0.278. The smallest absolute Gasteiger partial charge is 0.320 e. The highest BCUT2D eigenvalue weighted by molar-refractivity contribution is 5.94. The van der Waals surface area contributed by atoms with Crippen LogP contribution in [-0.4, -0.2) is 51.6 Å². The van der Waals surface area contributed by atoms with Gasteiger partial charge in [0.25, 0.3) is 0 Å². The highest BCUT2D eigenvalue weighted by Crippen LogP contribution is 2.12. The van der Waals surface area contributed by atoms with Crippen LogP contribution in [0.4, 0.5) is 0 Å². The number of esters is 2. The summed E-state index contributed by atoms with van der Waals surface area (Å²) >= 11 is 0. The van der Waals surface area contributed by atoms with Crippen molar-refractivity contribution in [3.05, 3.63) is 0 Å². The van der Waals surface area contributed by atoms with E-state index in [0.29, 0.717) is 52.1 Å². The predicted molar refractivity (Wildman–Crippen MR) is 82.5 cm³/mol.